The van der Waals surface area contributed by atoms with Crippen LogP contribution in [-0.2, 0) is 28.5 Å². The molecule has 0 amide bonds. The van der Waals surface area contributed by atoms with Gasteiger partial charge in [-0.05, 0) is 53.0 Å². The van der Waals surface area contributed by atoms with Crippen LogP contribution in [-0.4, -0.2) is 58.8 Å². The summed E-state index contributed by atoms with van der Waals surface area (Å²) in [7, 11) is 0. The topological polar surface area (TPSA) is 97.9 Å². The maximum atomic E-state index is 12.6. The van der Waals surface area contributed by atoms with Crippen molar-refractivity contribution in [1.29, 1.82) is 0 Å². The van der Waals surface area contributed by atoms with Gasteiger partial charge in [-0.15, -0.1) is 0 Å². The number of aliphatic hydroxyl groups excluding tert-OH is 1. The summed E-state index contributed by atoms with van der Waals surface area (Å²) in [5.41, 5.74) is 0.104. The lowest BCUT2D eigenvalue weighted by Crippen LogP contribution is -2.52. The first-order valence-electron chi connectivity index (χ1n) is 11.6. The van der Waals surface area contributed by atoms with Crippen molar-refractivity contribution in [2.45, 2.75) is 109 Å². The van der Waals surface area contributed by atoms with Crippen molar-refractivity contribution in [3.05, 3.63) is 23.8 Å². The third-order valence-corrected chi connectivity index (χ3v) is 7.49. The largest absolute Gasteiger partial charge is 0.459 e. The van der Waals surface area contributed by atoms with E-state index in [4.69, 9.17) is 18.9 Å². The van der Waals surface area contributed by atoms with Crippen molar-refractivity contribution in [3.63, 3.8) is 0 Å². The van der Waals surface area contributed by atoms with Crippen LogP contribution in [0.15, 0.2) is 23.8 Å². The first kappa shape index (κ1) is 24.9. The molecule has 0 aromatic heterocycles. The number of ether oxygens (including phenoxy) is 4. The summed E-state index contributed by atoms with van der Waals surface area (Å²) in [5.74, 6) is -1.46. The minimum Gasteiger partial charge on any atom is -0.459 e. The number of esters is 2. The predicted octanol–water partition coefficient (Wildman–Crippen LogP) is 3.48. The van der Waals surface area contributed by atoms with Crippen LogP contribution in [0, 0.1) is 11.8 Å². The summed E-state index contributed by atoms with van der Waals surface area (Å²) in [4.78, 5) is 25.2. The molecule has 0 aromatic rings. The molecule has 180 valence electrons. The van der Waals surface area contributed by atoms with Gasteiger partial charge in [0.1, 0.15) is 23.9 Å². The van der Waals surface area contributed by atoms with Crippen molar-refractivity contribution >= 4 is 11.9 Å². The zero-order chi connectivity index (χ0) is 24.0. The van der Waals surface area contributed by atoms with Crippen molar-refractivity contribution in [2.24, 2.45) is 11.8 Å². The molecule has 1 aliphatic carbocycles. The molecule has 32 heavy (non-hydrogen) atoms. The van der Waals surface area contributed by atoms with Gasteiger partial charge in [0.25, 0.3) is 0 Å². The summed E-state index contributed by atoms with van der Waals surface area (Å²) < 4.78 is 23.2. The standard InChI is InChI=1S/C25H38O7/c1-9-13(3)22(27)29-17(12-18-24(6,7)31-18)15(5)16-11-19-25(8,32-19)21(26)20(16)30-23(28)14(4)10-2/h9,14,16-21,26H,5,10-12H2,1-4,6-8H3/b13-9-/t14-,16+,17+,18-,19+,20-,21-,25+/m1/s1. The van der Waals surface area contributed by atoms with Crippen molar-refractivity contribution < 1.29 is 33.6 Å². The first-order valence-corrected chi connectivity index (χ1v) is 11.6. The van der Waals surface area contributed by atoms with E-state index in [0.29, 0.717) is 30.4 Å². The molecule has 2 aliphatic heterocycles. The second kappa shape index (κ2) is 8.92. The monoisotopic (exact) mass is 450 g/mol. The molecule has 1 N–H and O–H groups in total. The summed E-state index contributed by atoms with van der Waals surface area (Å²) in [6.07, 6.45) is 0.676. The van der Waals surface area contributed by atoms with Crippen LogP contribution in [0.5, 0.6) is 0 Å². The highest BCUT2D eigenvalue weighted by Crippen LogP contribution is 2.53. The molecule has 8 atom stereocenters. The Bertz CT molecular complexity index is 800. The van der Waals surface area contributed by atoms with E-state index in [-0.39, 0.29) is 29.7 Å². The van der Waals surface area contributed by atoms with Crippen LogP contribution in [0.4, 0.5) is 0 Å². The highest BCUT2D eigenvalue weighted by molar-refractivity contribution is 5.87. The van der Waals surface area contributed by atoms with Crippen LogP contribution >= 0.6 is 0 Å². The van der Waals surface area contributed by atoms with E-state index in [2.05, 4.69) is 6.58 Å². The normalized spacial score (nSPS) is 37.0. The summed E-state index contributed by atoms with van der Waals surface area (Å²) in [6.45, 7) is 17.3. The van der Waals surface area contributed by atoms with Crippen molar-refractivity contribution in [2.75, 3.05) is 0 Å². The molecule has 2 saturated heterocycles. The summed E-state index contributed by atoms with van der Waals surface area (Å²) in [5, 5.41) is 11.0. The Kier molecular flexibility index (Phi) is 6.95. The predicted molar refractivity (Wildman–Crippen MR) is 119 cm³/mol. The number of carbonyl (C=O) groups excluding carboxylic acids is 2. The van der Waals surface area contributed by atoms with E-state index in [1.165, 1.54) is 0 Å². The second-order valence-electron chi connectivity index (χ2n) is 10.2. The quantitative estimate of drug-likeness (QED) is 0.248. The Morgan fingerprint density at radius 3 is 2.44 bits per heavy atom. The van der Waals surface area contributed by atoms with Gasteiger partial charge in [-0.2, -0.15) is 0 Å². The lowest BCUT2D eigenvalue weighted by atomic mass is 9.73. The molecule has 3 aliphatic rings. The lowest BCUT2D eigenvalue weighted by molar-refractivity contribution is -0.168. The second-order valence-corrected chi connectivity index (χ2v) is 10.2. The Hall–Kier alpha value is -1.70. The SMILES string of the molecule is C=C([C@H](C[C@H]1OC1(C)C)OC(=O)/C(C)=C\C)[C@@H]1C[C@@H]2O[C@]2(C)[C@H](O)[C@@H]1OC(=O)[C@H](C)CC. The Morgan fingerprint density at radius 1 is 1.28 bits per heavy atom. The molecule has 7 heteroatoms. The van der Waals surface area contributed by atoms with Gasteiger partial charge < -0.3 is 24.1 Å². The van der Waals surface area contributed by atoms with E-state index in [1.54, 1.807) is 26.8 Å². The Labute approximate surface area is 191 Å². The molecule has 1 saturated carbocycles. The van der Waals surface area contributed by atoms with Crippen LogP contribution in [0.25, 0.3) is 0 Å². The highest BCUT2D eigenvalue weighted by atomic mass is 16.6. The van der Waals surface area contributed by atoms with Crippen LogP contribution < -0.4 is 0 Å². The van der Waals surface area contributed by atoms with E-state index in [9.17, 15) is 14.7 Å². The van der Waals surface area contributed by atoms with Crippen LogP contribution in [0.2, 0.25) is 0 Å². The molecule has 0 radical (unpaired) electrons. The van der Waals surface area contributed by atoms with Gasteiger partial charge >= 0.3 is 11.9 Å². The number of hydrogen-bond donors (Lipinski definition) is 1. The molecule has 3 fully saturated rings. The molecule has 0 unspecified atom stereocenters. The zero-order valence-electron chi connectivity index (χ0n) is 20.3. The molecule has 3 rings (SSSR count). The molecule has 0 bridgehead atoms. The van der Waals surface area contributed by atoms with Gasteiger partial charge in [0.15, 0.2) is 0 Å². The van der Waals surface area contributed by atoms with Gasteiger partial charge in [-0.3, -0.25) is 4.79 Å². The number of aliphatic hydroxyl groups is 1. The average Bonchev–Trinajstić information content (AvgIpc) is 3.60. The van der Waals surface area contributed by atoms with Crippen molar-refractivity contribution in [1.82, 2.24) is 0 Å². The van der Waals surface area contributed by atoms with E-state index < -0.39 is 35.8 Å². The van der Waals surface area contributed by atoms with E-state index >= 15 is 0 Å². The molecular formula is C25H38O7. The fourth-order valence-electron chi connectivity index (χ4n) is 4.36. The Balaban J connectivity index is 1.84. The van der Waals surface area contributed by atoms with Gasteiger partial charge in [0.2, 0.25) is 0 Å². The van der Waals surface area contributed by atoms with Crippen molar-refractivity contribution in [3.8, 4) is 0 Å². The molecule has 2 heterocycles. The number of carbonyl (C=O) groups is 2. The summed E-state index contributed by atoms with van der Waals surface area (Å²) >= 11 is 0. The Morgan fingerprint density at radius 2 is 1.91 bits per heavy atom. The molecule has 0 spiro atoms. The summed E-state index contributed by atoms with van der Waals surface area (Å²) in [6, 6.07) is 0. The number of fused-ring (bicyclic) bond motifs is 1. The number of allylic oxidation sites excluding steroid dienone is 1. The maximum Gasteiger partial charge on any atom is 0.333 e. The van der Waals surface area contributed by atoms with E-state index in [1.807, 2.05) is 27.7 Å². The maximum absolute atomic E-state index is 12.6. The minimum absolute atomic E-state index is 0.0694. The fourth-order valence-corrected chi connectivity index (χ4v) is 4.36. The van der Waals surface area contributed by atoms with Gasteiger partial charge in [0.05, 0.1) is 23.7 Å². The molecular weight excluding hydrogens is 412 g/mol. The molecule has 0 aromatic carbocycles. The third kappa shape index (κ3) is 4.80. The van der Waals surface area contributed by atoms with E-state index in [0.717, 1.165) is 0 Å². The fraction of sp³-hybridized carbons (Fsp3) is 0.760. The average molecular weight is 451 g/mol. The minimum atomic E-state index is -0.988. The van der Waals surface area contributed by atoms with Crippen LogP contribution in [0.1, 0.15) is 67.7 Å². The number of hydrogen-bond acceptors (Lipinski definition) is 7. The van der Waals surface area contributed by atoms with Gasteiger partial charge in [-0.25, -0.2) is 4.79 Å². The van der Waals surface area contributed by atoms with Gasteiger partial charge in [-0.1, -0.05) is 26.5 Å². The number of epoxide rings is 2. The van der Waals surface area contributed by atoms with Gasteiger partial charge in [0, 0.05) is 17.9 Å². The third-order valence-electron chi connectivity index (χ3n) is 7.49. The van der Waals surface area contributed by atoms with Crippen LogP contribution in [0.3, 0.4) is 0 Å². The highest BCUT2D eigenvalue weighted by Gasteiger charge is 2.66. The smallest absolute Gasteiger partial charge is 0.333 e. The molecule has 7 nitrogen and oxygen atoms in total. The zero-order valence-corrected chi connectivity index (χ0v) is 20.3. The first-order chi connectivity index (χ1) is 14.9. The number of rotatable bonds is 9. The lowest BCUT2D eigenvalue weighted by Gasteiger charge is -2.39.